The van der Waals surface area contributed by atoms with Gasteiger partial charge in [-0.25, -0.2) is 4.79 Å². The Morgan fingerprint density at radius 1 is 1.23 bits per heavy atom. The van der Waals surface area contributed by atoms with Crippen LogP contribution in [0.15, 0.2) is 57.7 Å². The molecule has 8 nitrogen and oxygen atoms in total. The number of aryl methyl sites for hydroxylation is 1. The molecule has 0 aliphatic carbocycles. The molecule has 0 bridgehead atoms. The quantitative estimate of drug-likeness (QED) is 0.500. The molecule has 0 unspecified atom stereocenters. The highest BCUT2D eigenvalue weighted by Gasteiger charge is 2.15. The maximum atomic E-state index is 12.3. The van der Waals surface area contributed by atoms with E-state index in [2.05, 4.69) is 0 Å². The van der Waals surface area contributed by atoms with Gasteiger partial charge in [0, 0.05) is 31.8 Å². The van der Waals surface area contributed by atoms with Crippen LogP contribution in [0.3, 0.4) is 0 Å². The predicted molar refractivity (Wildman–Crippen MR) is 96.2 cm³/mol. The molecule has 0 fully saturated rings. The highest BCUT2D eigenvalue weighted by atomic mass is 16.6. The van der Waals surface area contributed by atoms with E-state index in [1.54, 1.807) is 11.9 Å². The van der Waals surface area contributed by atoms with E-state index in [-0.39, 0.29) is 30.1 Å². The number of hydrogen-bond donors (Lipinski definition) is 0. The number of carbonyl (C=O) groups excluding carboxylic acids is 1. The maximum Gasteiger partial charge on any atom is 0.419 e. The van der Waals surface area contributed by atoms with Crippen LogP contribution in [0.25, 0.3) is 11.1 Å². The summed E-state index contributed by atoms with van der Waals surface area (Å²) in [4.78, 5) is 36.1. The lowest BCUT2D eigenvalue weighted by Gasteiger charge is -2.17. The van der Waals surface area contributed by atoms with Crippen molar-refractivity contribution in [3.63, 3.8) is 0 Å². The average Bonchev–Trinajstić information content (AvgIpc) is 2.96. The summed E-state index contributed by atoms with van der Waals surface area (Å²) >= 11 is 0. The molecular formula is C18H17N3O5. The Hall–Kier alpha value is -3.42. The van der Waals surface area contributed by atoms with Gasteiger partial charge in [-0.15, -0.1) is 0 Å². The topological polar surface area (TPSA) is 98.6 Å². The van der Waals surface area contributed by atoms with Gasteiger partial charge < -0.3 is 9.32 Å². The first-order valence-corrected chi connectivity index (χ1v) is 8.07. The number of fused-ring (bicyclic) bond motifs is 1. The Labute approximate surface area is 148 Å². The fraction of sp³-hybridized carbons (Fsp3) is 0.222. The summed E-state index contributed by atoms with van der Waals surface area (Å²) in [5.74, 6) is -0.656. The molecule has 3 rings (SSSR count). The van der Waals surface area contributed by atoms with Crippen LogP contribution < -0.4 is 10.7 Å². The van der Waals surface area contributed by atoms with Crippen molar-refractivity contribution < 1.29 is 14.1 Å². The van der Waals surface area contributed by atoms with Crippen molar-refractivity contribution in [3.05, 3.63) is 69.2 Å². The smallest absolute Gasteiger partial charge is 0.407 e. The normalized spacial score (nSPS) is 10.8. The highest BCUT2D eigenvalue weighted by molar-refractivity contribution is 5.92. The van der Waals surface area contributed by atoms with Gasteiger partial charge in [0.05, 0.1) is 16.5 Å². The van der Waals surface area contributed by atoms with Crippen LogP contribution in [0.2, 0.25) is 0 Å². The Morgan fingerprint density at radius 3 is 2.65 bits per heavy atom. The molecule has 0 N–H and O–H groups in total. The van der Waals surface area contributed by atoms with Crippen molar-refractivity contribution in [2.24, 2.45) is 0 Å². The first-order valence-electron chi connectivity index (χ1n) is 8.07. The molecule has 0 spiro atoms. The molecule has 0 aliphatic heterocycles. The van der Waals surface area contributed by atoms with Gasteiger partial charge in [-0.3, -0.25) is 19.5 Å². The molecule has 3 aromatic rings. The van der Waals surface area contributed by atoms with E-state index in [9.17, 15) is 19.7 Å². The minimum atomic E-state index is -0.593. The van der Waals surface area contributed by atoms with E-state index in [1.165, 1.54) is 22.8 Å². The van der Waals surface area contributed by atoms with Gasteiger partial charge in [0.15, 0.2) is 5.58 Å². The molecule has 0 radical (unpaired) electrons. The zero-order chi connectivity index (χ0) is 18.7. The number of non-ortho nitro benzene ring substituents is 1. The van der Waals surface area contributed by atoms with E-state index in [4.69, 9.17) is 4.42 Å². The Kier molecular flexibility index (Phi) is 4.83. The number of nitro groups is 1. The van der Waals surface area contributed by atoms with Gasteiger partial charge in [-0.05, 0) is 24.6 Å². The number of rotatable bonds is 6. The van der Waals surface area contributed by atoms with Crippen LogP contribution in [-0.4, -0.2) is 22.4 Å². The van der Waals surface area contributed by atoms with Gasteiger partial charge in [-0.2, -0.15) is 0 Å². The Balaban J connectivity index is 1.68. The van der Waals surface area contributed by atoms with Crippen LogP contribution in [-0.2, 0) is 11.3 Å². The number of nitrogens with zero attached hydrogens (tertiary/aromatic N) is 3. The van der Waals surface area contributed by atoms with Crippen LogP contribution in [0.4, 0.5) is 11.4 Å². The number of carbonyl (C=O) groups is 1. The molecule has 1 amide bonds. The summed E-state index contributed by atoms with van der Waals surface area (Å²) < 4.78 is 6.46. The zero-order valence-corrected chi connectivity index (χ0v) is 14.1. The molecule has 0 saturated heterocycles. The van der Waals surface area contributed by atoms with Gasteiger partial charge in [0.2, 0.25) is 5.91 Å². The molecule has 26 heavy (non-hydrogen) atoms. The van der Waals surface area contributed by atoms with Crippen molar-refractivity contribution >= 4 is 28.4 Å². The highest BCUT2D eigenvalue weighted by Crippen LogP contribution is 2.20. The van der Waals surface area contributed by atoms with Crippen LogP contribution in [0.1, 0.15) is 12.8 Å². The minimum absolute atomic E-state index is 0.0623. The molecule has 0 aliphatic rings. The van der Waals surface area contributed by atoms with Crippen molar-refractivity contribution in [1.82, 2.24) is 4.57 Å². The van der Waals surface area contributed by atoms with E-state index in [1.807, 2.05) is 30.3 Å². The van der Waals surface area contributed by atoms with Crippen LogP contribution in [0, 0.1) is 10.1 Å². The summed E-state index contributed by atoms with van der Waals surface area (Å²) in [6.45, 7) is 0.290. The number of hydrogen-bond acceptors (Lipinski definition) is 5. The summed E-state index contributed by atoms with van der Waals surface area (Å²) in [7, 11) is 1.70. The van der Waals surface area contributed by atoms with Gasteiger partial charge in [0.1, 0.15) is 0 Å². The summed E-state index contributed by atoms with van der Waals surface area (Å²) in [6, 6.07) is 13.3. The lowest BCUT2D eigenvalue weighted by molar-refractivity contribution is -0.384. The minimum Gasteiger partial charge on any atom is -0.407 e. The molecule has 1 heterocycles. The van der Waals surface area contributed by atoms with E-state index < -0.39 is 10.7 Å². The summed E-state index contributed by atoms with van der Waals surface area (Å²) in [6.07, 6.45) is 0.707. The third kappa shape index (κ3) is 3.49. The number of nitro benzene ring substituents is 1. The van der Waals surface area contributed by atoms with Crippen molar-refractivity contribution in [2.45, 2.75) is 19.4 Å². The first-order chi connectivity index (χ1) is 12.5. The zero-order valence-electron chi connectivity index (χ0n) is 14.1. The van der Waals surface area contributed by atoms with Gasteiger partial charge in [-0.1, -0.05) is 18.2 Å². The second-order valence-electron chi connectivity index (χ2n) is 5.82. The summed E-state index contributed by atoms with van der Waals surface area (Å²) in [5, 5.41) is 10.8. The van der Waals surface area contributed by atoms with Crippen molar-refractivity contribution in [1.29, 1.82) is 0 Å². The largest absolute Gasteiger partial charge is 0.419 e. The van der Waals surface area contributed by atoms with Crippen LogP contribution >= 0.6 is 0 Å². The molecule has 2 aromatic carbocycles. The number of amides is 1. The van der Waals surface area contributed by atoms with Gasteiger partial charge >= 0.3 is 5.76 Å². The first kappa shape index (κ1) is 17.4. The number of para-hydroxylation sites is 1. The van der Waals surface area contributed by atoms with E-state index >= 15 is 0 Å². The number of benzene rings is 2. The van der Waals surface area contributed by atoms with Crippen molar-refractivity contribution in [2.75, 3.05) is 11.9 Å². The molecule has 134 valence electrons. The Morgan fingerprint density at radius 2 is 1.96 bits per heavy atom. The second kappa shape index (κ2) is 7.22. The molecular weight excluding hydrogens is 338 g/mol. The molecule has 8 heteroatoms. The van der Waals surface area contributed by atoms with Gasteiger partial charge in [0.25, 0.3) is 5.69 Å². The third-order valence-electron chi connectivity index (χ3n) is 4.15. The Bertz CT molecular complexity index is 1010. The number of anilines is 1. The van der Waals surface area contributed by atoms with Crippen molar-refractivity contribution in [3.8, 4) is 0 Å². The molecule has 1 aromatic heterocycles. The standard InChI is InChI=1S/C18H17N3O5/c1-19(13-6-3-2-4-7-13)17(22)8-5-11-20-15-10-9-14(21(24)25)12-16(15)26-18(20)23/h2-4,6-7,9-10,12H,5,8,11H2,1H3. The summed E-state index contributed by atoms with van der Waals surface area (Å²) in [5.41, 5.74) is 1.30. The SMILES string of the molecule is CN(C(=O)CCCn1c(=O)oc2cc([N+](=O)[O-])ccc21)c1ccccc1. The monoisotopic (exact) mass is 355 g/mol. The predicted octanol–water partition coefficient (Wildman–Crippen LogP) is 2.95. The number of oxazole rings is 1. The van der Waals surface area contributed by atoms with E-state index in [0.717, 1.165) is 5.69 Å². The third-order valence-corrected chi connectivity index (χ3v) is 4.15. The molecule has 0 saturated carbocycles. The average molecular weight is 355 g/mol. The molecule has 0 atom stereocenters. The van der Waals surface area contributed by atoms with Crippen LogP contribution in [0.5, 0.6) is 0 Å². The lowest BCUT2D eigenvalue weighted by Crippen LogP contribution is -2.26. The lowest BCUT2D eigenvalue weighted by atomic mass is 10.2. The van der Waals surface area contributed by atoms with E-state index in [0.29, 0.717) is 11.9 Å². The second-order valence-corrected chi connectivity index (χ2v) is 5.82. The number of aromatic nitrogens is 1. The maximum absolute atomic E-state index is 12.3. The fourth-order valence-electron chi connectivity index (χ4n) is 2.73. The fourth-order valence-corrected chi connectivity index (χ4v) is 2.73.